The fourth-order valence-electron chi connectivity index (χ4n) is 2.00. The van der Waals surface area contributed by atoms with Gasteiger partial charge >= 0.3 is 0 Å². The van der Waals surface area contributed by atoms with E-state index in [1.54, 1.807) is 18.5 Å². The zero-order chi connectivity index (χ0) is 13.4. The van der Waals surface area contributed by atoms with E-state index >= 15 is 0 Å². The zero-order valence-corrected chi connectivity index (χ0v) is 10.6. The lowest BCUT2D eigenvalue weighted by Crippen LogP contribution is -2.12. The highest BCUT2D eigenvalue weighted by atomic mass is 16.1. The van der Waals surface area contributed by atoms with Gasteiger partial charge in [0.05, 0.1) is 34.4 Å². The number of rotatable bonds is 2. The molecule has 2 heterocycles. The number of hydrogen-bond acceptors (Lipinski definition) is 3. The number of benzene rings is 1. The smallest absolute Gasteiger partial charge is 0.255 e. The second-order valence-corrected chi connectivity index (χ2v) is 4.40. The molecule has 0 aliphatic carbocycles. The molecule has 0 atom stereocenters. The molecular weight excluding hydrogens is 242 g/mol. The minimum absolute atomic E-state index is 0.163. The average Bonchev–Trinajstić information content (AvgIpc) is 2.99. The van der Waals surface area contributed by atoms with Crippen molar-refractivity contribution in [3.63, 3.8) is 0 Å². The third-order valence-corrected chi connectivity index (χ3v) is 3.05. The van der Waals surface area contributed by atoms with Crippen molar-refractivity contribution in [1.29, 1.82) is 0 Å². The number of fused-ring (bicyclic) bond motifs is 1. The molecule has 0 saturated carbocycles. The van der Waals surface area contributed by atoms with E-state index in [2.05, 4.69) is 25.5 Å². The number of H-pyrrole nitrogens is 2. The van der Waals surface area contributed by atoms with Crippen molar-refractivity contribution in [3.8, 4) is 0 Å². The Hall–Kier alpha value is -2.63. The van der Waals surface area contributed by atoms with Gasteiger partial charge in [-0.2, -0.15) is 5.10 Å². The van der Waals surface area contributed by atoms with Crippen LogP contribution in [0, 0.1) is 13.8 Å². The molecule has 1 amide bonds. The Kier molecular flexibility index (Phi) is 2.56. The maximum Gasteiger partial charge on any atom is 0.255 e. The Labute approximate surface area is 109 Å². The van der Waals surface area contributed by atoms with Crippen LogP contribution in [0.15, 0.2) is 24.5 Å². The number of amides is 1. The number of nitrogens with one attached hydrogen (secondary N) is 3. The van der Waals surface area contributed by atoms with Gasteiger partial charge in [0.25, 0.3) is 5.91 Å². The molecule has 0 bridgehead atoms. The van der Waals surface area contributed by atoms with Gasteiger partial charge in [-0.05, 0) is 32.0 Å². The van der Waals surface area contributed by atoms with Gasteiger partial charge in [-0.15, -0.1) is 0 Å². The first-order valence-corrected chi connectivity index (χ1v) is 5.91. The highest BCUT2D eigenvalue weighted by molar-refractivity contribution is 6.06. The minimum atomic E-state index is -0.163. The number of nitrogens with zero attached hydrogens (tertiary/aromatic N) is 2. The molecule has 6 nitrogen and oxygen atoms in total. The van der Waals surface area contributed by atoms with Gasteiger partial charge in [0.15, 0.2) is 0 Å². The van der Waals surface area contributed by atoms with Crippen LogP contribution in [0.2, 0.25) is 0 Å². The Morgan fingerprint density at radius 2 is 2.16 bits per heavy atom. The van der Waals surface area contributed by atoms with Crippen LogP contribution in [0.1, 0.15) is 21.7 Å². The van der Waals surface area contributed by atoms with Crippen LogP contribution in [-0.2, 0) is 0 Å². The third kappa shape index (κ3) is 1.97. The average molecular weight is 255 g/mol. The number of aryl methyl sites for hydroxylation is 2. The second-order valence-electron chi connectivity index (χ2n) is 4.40. The predicted molar refractivity (Wildman–Crippen MR) is 72.1 cm³/mol. The van der Waals surface area contributed by atoms with Crippen LogP contribution < -0.4 is 5.32 Å². The molecule has 3 rings (SSSR count). The lowest BCUT2D eigenvalue weighted by Gasteiger charge is -2.05. The molecule has 6 heteroatoms. The summed E-state index contributed by atoms with van der Waals surface area (Å²) in [6.07, 6.45) is 1.61. The fraction of sp³-hybridized carbons (Fsp3) is 0.154. The first-order valence-electron chi connectivity index (χ1n) is 5.91. The standard InChI is InChI=1S/C13H13N5O/c1-7-12(8(2)18-17-7)16-13(19)9-3-4-10-11(5-9)15-6-14-10/h3-6H,1-2H3,(H,14,15)(H,16,19)(H,17,18). The van der Waals surface area contributed by atoms with Gasteiger partial charge < -0.3 is 10.3 Å². The van der Waals surface area contributed by atoms with E-state index in [-0.39, 0.29) is 5.91 Å². The van der Waals surface area contributed by atoms with Crippen molar-refractivity contribution in [2.45, 2.75) is 13.8 Å². The summed E-state index contributed by atoms with van der Waals surface area (Å²) in [6, 6.07) is 5.35. The number of anilines is 1. The van der Waals surface area contributed by atoms with Crippen molar-refractivity contribution in [2.75, 3.05) is 5.32 Å². The van der Waals surface area contributed by atoms with Crippen molar-refractivity contribution in [1.82, 2.24) is 20.2 Å². The zero-order valence-electron chi connectivity index (χ0n) is 10.6. The maximum atomic E-state index is 12.2. The number of aromatic amines is 2. The first kappa shape index (κ1) is 11.5. The summed E-state index contributed by atoms with van der Waals surface area (Å²) >= 11 is 0. The van der Waals surface area contributed by atoms with Gasteiger partial charge in [0.2, 0.25) is 0 Å². The van der Waals surface area contributed by atoms with Crippen LogP contribution in [0.3, 0.4) is 0 Å². The Morgan fingerprint density at radius 1 is 1.32 bits per heavy atom. The summed E-state index contributed by atoms with van der Waals surface area (Å²) in [7, 11) is 0. The highest BCUT2D eigenvalue weighted by Crippen LogP contribution is 2.18. The van der Waals surface area contributed by atoms with Crippen molar-refractivity contribution < 1.29 is 4.79 Å². The number of imidazole rings is 1. The SMILES string of the molecule is Cc1n[nH]c(C)c1NC(=O)c1ccc2nc[nH]c2c1. The molecule has 19 heavy (non-hydrogen) atoms. The van der Waals surface area contributed by atoms with Gasteiger partial charge in [0, 0.05) is 5.56 Å². The number of hydrogen-bond donors (Lipinski definition) is 3. The van der Waals surface area contributed by atoms with E-state index in [4.69, 9.17) is 0 Å². The summed E-state index contributed by atoms with van der Waals surface area (Å²) in [6.45, 7) is 3.71. The molecule has 0 spiro atoms. The van der Waals surface area contributed by atoms with E-state index in [1.807, 2.05) is 19.9 Å². The van der Waals surface area contributed by atoms with E-state index in [0.717, 1.165) is 28.1 Å². The molecule has 0 aliphatic heterocycles. The van der Waals surface area contributed by atoms with E-state index in [0.29, 0.717) is 5.56 Å². The van der Waals surface area contributed by atoms with Crippen molar-refractivity contribution in [2.24, 2.45) is 0 Å². The molecule has 3 aromatic rings. The molecule has 2 aromatic heterocycles. The summed E-state index contributed by atoms with van der Waals surface area (Å²) in [4.78, 5) is 19.3. The summed E-state index contributed by atoms with van der Waals surface area (Å²) in [5, 5.41) is 9.75. The monoisotopic (exact) mass is 255 g/mol. The van der Waals surface area contributed by atoms with Crippen LogP contribution in [0.4, 0.5) is 5.69 Å². The van der Waals surface area contributed by atoms with Gasteiger partial charge in [-0.3, -0.25) is 9.89 Å². The molecule has 0 radical (unpaired) electrons. The Balaban J connectivity index is 1.91. The van der Waals surface area contributed by atoms with Crippen molar-refractivity contribution >= 4 is 22.6 Å². The molecule has 0 fully saturated rings. The van der Waals surface area contributed by atoms with E-state index in [1.165, 1.54) is 0 Å². The molecule has 0 saturated heterocycles. The molecule has 96 valence electrons. The summed E-state index contributed by atoms with van der Waals surface area (Å²) < 4.78 is 0. The Bertz CT molecular complexity index is 736. The molecule has 0 unspecified atom stereocenters. The quantitative estimate of drug-likeness (QED) is 0.655. The topological polar surface area (TPSA) is 86.5 Å². The van der Waals surface area contributed by atoms with Gasteiger partial charge in [0.1, 0.15) is 0 Å². The largest absolute Gasteiger partial charge is 0.345 e. The van der Waals surface area contributed by atoms with Crippen LogP contribution in [-0.4, -0.2) is 26.1 Å². The highest BCUT2D eigenvalue weighted by Gasteiger charge is 2.12. The summed E-state index contributed by atoms with van der Waals surface area (Å²) in [5.41, 5.74) is 4.61. The number of carbonyl (C=O) groups excluding carboxylic acids is 1. The second kappa shape index (κ2) is 4.24. The predicted octanol–water partition coefficient (Wildman–Crippen LogP) is 2.16. The minimum Gasteiger partial charge on any atom is -0.345 e. The van der Waals surface area contributed by atoms with E-state index in [9.17, 15) is 4.79 Å². The fourth-order valence-corrected chi connectivity index (χ4v) is 2.00. The first-order chi connectivity index (χ1) is 9.15. The number of aromatic nitrogens is 4. The maximum absolute atomic E-state index is 12.2. The molecule has 0 aliphatic rings. The normalized spacial score (nSPS) is 10.8. The van der Waals surface area contributed by atoms with Gasteiger partial charge in [-0.25, -0.2) is 4.98 Å². The molecule has 1 aromatic carbocycles. The molecule has 3 N–H and O–H groups in total. The van der Waals surface area contributed by atoms with Crippen LogP contribution in [0.5, 0.6) is 0 Å². The van der Waals surface area contributed by atoms with Crippen molar-refractivity contribution in [3.05, 3.63) is 41.5 Å². The number of carbonyl (C=O) groups is 1. The summed E-state index contributed by atoms with van der Waals surface area (Å²) in [5.74, 6) is -0.163. The van der Waals surface area contributed by atoms with Gasteiger partial charge in [-0.1, -0.05) is 0 Å². The van der Waals surface area contributed by atoms with E-state index < -0.39 is 0 Å². The van der Waals surface area contributed by atoms with Crippen LogP contribution >= 0.6 is 0 Å². The third-order valence-electron chi connectivity index (χ3n) is 3.05. The molecular formula is C13H13N5O. The van der Waals surface area contributed by atoms with Crippen LogP contribution in [0.25, 0.3) is 11.0 Å². The lowest BCUT2D eigenvalue weighted by atomic mass is 10.2. The Morgan fingerprint density at radius 3 is 2.89 bits per heavy atom. The lowest BCUT2D eigenvalue weighted by molar-refractivity contribution is 0.102.